The van der Waals surface area contributed by atoms with Crippen LogP contribution in [0.2, 0.25) is 10.0 Å². The standard InChI is InChI=1S/C18H18Cl3NO2/c1-2-18(24,13-8-9-15(20)16(21)10-13)12-22(17(23)11-19)14-6-4-3-5-7-14/h3-10,24H,2,11-12H2,1H3. The first kappa shape index (κ1) is 19.1. The molecule has 6 heteroatoms. The van der Waals surface area contributed by atoms with Crippen molar-refractivity contribution in [2.75, 3.05) is 17.3 Å². The fourth-order valence-corrected chi connectivity index (χ4v) is 2.90. The summed E-state index contributed by atoms with van der Waals surface area (Å²) in [6.45, 7) is 1.91. The average molecular weight is 387 g/mol. The molecule has 0 aliphatic heterocycles. The van der Waals surface area contributed by atoms with Crippen LogP contribution in [0.4, 0.5) is 5.69 Å². The van der Waals surface area contributed by atoms with E-state index in [2.05, 4.69) is 0 Å². The number of alkyl halides is 1. The van der Waals surface area contributed by atoms with Gasteiger partial charge < -0.3 is 10.0 Å². The number of hydrogen-bond acceptors (Lipinski definition) is 2. The molecule has 0 aromatic heterocycles. The van der Waals surface area contributed by atoms with Crippen LogP contribution in [0.3, 0.4) is 0 Å². The Kier molecular flexibility index (Phi) is 6.53. The number of hydrogen-bond donors (Lipinski definition) is 1. The molecule has 3 nitrogen and oxygen atoms in total. The highest BCUT2D eigenvalue weighted by Gasteiger charge is 2.32. The Morgan fingerprint density at radius 1 is 1.12 bits per heavy atom. The highest BCUT2D eigenvalue weighted by atomic mass is 35.5. The maximum Gasteiger partial charge on any atom is 0.242 e. The minimum Gasteiger partial charge on any atom is -0.383 e. The Hall–Kier alpha value is -1.26. The summed E-state index contributed by atoms with van der Waals surface area (Å²) in [7, 11) is 0. The lowest BCUT2D eigenvalue weighted by Gasteiger charge is -2.34. The van der Waals surface area contributed by atoms with Crippen molar-refractivity contribution >= 4 is 46.4 Å². The van der Waals surface area contributed by atoms with Crippen LogP contribution in [0.15, 0.2) is 48.5 Å². The van der Waals surface area contributed by atoms with Crippen LogP contribution in [0.1, 0.15) is 18.9 Å². The molecule has 0 saturated carbocycles. The Morgan fingerprint density at radius 2 is 1.79 bits per heavy atom. The number of amides is 1. The largest absolute Gasteiger partial charge is 0.383 e. The molecule has 0 aliphatic carbocycles. The van der Waals surface area contributed by atoms with Gasteiger partial charge in [0.25, 0.3) is 0 Å². The summed E-state index contributed by atoms with van der Waals surface area (Å²) < 4.78 is 0. The van der Waals surface area contributed by atoms with Crippen LogP contribution < -0.4 is 4.90 Å². The summed E-state index contributed by atoms with van der Waals surface area (Å²) in [5.74, 6) is -0.453. The average Bonchev–Trinajstić information content (AvgIpc) is 2.61. The molecule has 1 N–H and O–H groups in total. The number of para-hydroxylation sites is 1. The molecule has 1 unspecified atom stereocenters. The number of benzene rings is 2. The predicted molar refractivity (Wildman–Crippen MR) is 100 cm³/mol. The normalized spacial score (nSPS) is 13.4. The molecular formula is C18H18Cl3NO2. The van der Waals surface area contributed by atoms with Crippen LogP contribution in [0, 0.1) is 0 Å². The smallest absolute Gasteiger partial charge is 0.242 e. The lowest BCUT2D eigenvalue weighted by Crippen LogP contribution is -2.44. The Bertz CT molecular complexity index is 709. The van der Waals surface area contributed by atoms with Crippen molar-refractivity contribution in [3.05, 3.63) is 64.1 Å². The van der Waals surface area contributed by atoms with E-state index in [-0.39, 0.29) is 18.3 Å². The van der Waals surface area contributed by atoms with Gasteiger partial charge in [0, 0.05) is 5.69 Å². The van der Waals surface area contributed by atoms with Gasteiger partial charge in [-0.1, -0.05) is 54.4 Å². The molecule has 0 bridgehead atoms. The topological polar surface area (TPSA) is 40.5 Å². The molecule has 2 aromatic rings. The molecule has 128 valence electrons. The third-order valence-corrected chi connectivity index (χ3v) is 4.91. The fourth-order valence-electron chi connectivity index (χ4n) is 2.46. The van der Waals surface area contributed by atoms with Gasteiger partial charge >= 0.3 is 0 Å². The van der Waals surface area contributed by atoms with Crippen molar-refractivity contribution in [2.45, 2.75) is 18.9 Å². The zero-order chi connectivity index (χ0) is 17.7. The molecule has 0 heterocycles. The van der Waals surface area contributed by atoms with Crippen molar-refractivity contribution in [3.8, 4) is 0 Å². The zero-order valence-electron chi connectivity index (χ0n) is 13.2. The van der Waals surface area contributed by atoms with E-state index in [0.29, 0.717) is 27.7 Å². The van der Waals surface area contributed by atoms with E-state index in [1.807, 2.05) is 25.1 Å². The van der Waals surface area contributed by atoms with Gasteiger partial charge in [-0.25, -0.2) is 0 Å². The van der Waals surface area contributed by atoms with Gasteiger partial charge in [-0.3, -0.25) is 4.79 Å². The first-order valence-corrected chi connectivity index (χ1v) is 8.79. The van der Waals surface area contributed by atoms with E-state index < -0.39 is 5.60 Å². The highest BCUT2D eigenvalue weighted by Crippen LogP contribution is 2.32. The number of anilines is 1. The summed E-state index contributed by atoms with van der Waals surface area (Å²) in [4.78, 5) is 13.8. The van der Waals surface area contributed by atoms with E-state index in [1.54, 1.807) is 30.3 Å². The second-order valence-corrected chi connectivity index (χ2v) is 6.54. The maximum absolute atomic E-state index is 12.3. The number of carbonyl (C=O) groups excluding carboxylic acids is 1. The summed E-state index contributed by atoms with van der Waals surface area (Å²) in [6, 6.07) is 14.1. The SMILES string of the molecule is CCC(O)(CN(C(=O)CCl)c1ccccc1)c1ccc(Cl)c(Cl)c1. The van der Waals surface area contributed by atoms with Gasteiger partial charge in [0.1, 0.15) is 11.5 Å². The molecule has 0 fully saturated rings. The molecule has 0 aliphatic rings. The number of aliphatic hydroxyl groups is 1. The van der Waals surface area contributed by atoms with Crippen LogP contribution in [-0.2, 0) is 10.4 Å². The van der Waals surface area contributed by atoms with Crippen molar-refractivity contribution in [3.63, 3.8) is 0 Å². The molecule has 2 aromatic carbocycles. The lowest BCUT2D eigenvalue weighted by atomic mass is 9.90. The molecule has 1 atom stereocenters. The van der Waals surface area contributed by atoms with Gasteiger partial charge in [-0.2, -0.15) is 0 Å². The molecule has 1 amide bonds. The predicted octanol–water partition coefficient (Wildman–Crippen LogP) is 4.86. The van der Waals surface area contributed by atoms with E-state index in [4.69, 9.17) is 34.8 Å². The van der Waals surface area contributed by atoms with Crippen molar-refractivity contribution in [1.29, 1.82) is 0 Å². The summed E-state index contributed by atoms with van der Waals surface area (Å²) in [5, 5.41) is 11.9. The number of carbonyl (C=O) groups is 1. The van der Waals surface area contributed by atoms with Crippen molar-refractivity contribution in [1.82, 2.24) is 0 Å². The number of rotatable bonds is 6. The van der Waals surface area contributed by atoms with Crippen LogP contribution in [0.25, 0.3) is 0 Å². The number of halogens is 3. The second kappa shape index (κ2) is 8.21. The van der Waals surface area contributed by atoms with Crippen LogP contribution in [0.5, 0.6) is 0 Å². The van der Waals surface area contributed by atoms with E-state index in [1.165, 1.54) is 4.90 Å². The zero-order valence-corrected chi connectivity index (χ0v) is 15.4. The van der Waals surface area contributed by atoms with Crippen LogP contribution >= 0.6 is 34.8 Å². The first-order chi connectivity index (χ1) is 11.4. The molecule has 0 saturated heterocycles. The maximum atomic E-state index is 12.3. The minimum absolute atomic E-state index is 0.0665. The molecular weight excluding hydrogens is 369 g/mol. The van der Waals surface area contributed by atoms with Gasteiger partial charge in [-0.05, 0) is 36.2 Å². The highest BCUT2D eigenvalue weighted by molar-refractivity contribution is 6.42. The van der Waals surface area contributed by atoms with Crippen LogP contribution in [-0.4, -0.2) is 23.4 Å². The van der Waals surface area contributed by atoms with E-state index in [9.17, 15) is 9.90 Å². The third kappa shape index (κ3) is 4.22. The Morgan fingerprint density at radius 3 is 2.33 bits per heavy atom. The molecule has 0 spiro atoms. The fraction of sp³-hybridized carbons (Fsp3) is 0.278. The van der Waals surface area contributed by atoms with Gasteiger partial charge in [0.2, 0.25) is 5.91 Å². The second-order valence-electron chi connectivity index (χ2n) is 5.46. The molecule has 2 rings (SSSR count). The minimum atomic E-state index is -1.27. The summed E-state index contributed by atoms with van der Waals surface area (Å²) in [6.07, 6.45) is 0.393. The van der Waals surface area contributed by atoms with Crippen molar-refractivity contribution in [2.24, 2.45) is 0 Å². The van der Waals surface area contributed by atoms with Crippen molar-refractivity contribution < 1.29 is 9.90 Å². The Labute approximate surface area is 156 Å². The molecule has 24 heavy (non-hydrogen) atoms. The van der Waals surface area contributed by atoms with E-state index in [0.717, 1.165) is 0 Å². The third-order valence-electron chi connectivity index (χ3n) is 3.94. The number of nitrogens with zero attached hydrogens (tertiary/aromatic N) is 1. The Balaban J connectivity index is 2.40. The van der Waals surface area contributed by atoms with Gasteiger partial charge in [0.05, 0.1) is 16.6 Å². The van der Waals surface area contributed by atoms with E-state index >= 15 is 0 Å². The van der Waals surface area contributed by atoms with Gasteiger partial charge in [-0.15, -0.1) is 11.6 Å². The molecule has 0 radical (unpaired) electrons. The quantitative estimate of drug-likeness (QED) is 0.720. The first-order valence-electron chi connectivity index (χ1n) is 7.50. The van der Waals surface area contributed by atoms with Gasteiger partial charge in [0.15, 0.2) is 0 Å². The summed E-state index contributed by atoms with van der Waals surface area (Å²) in [5.41, 5.74) is 0.00370. The monoisotopic (exact) mass is 385 g/mol. The summed E-state index contributed by atoms with van der Waals surface area (Å²) >= 11 is 17.8. The lowest BCUT2D eigenvalue weighted by molar-refractivity contribution is -0.117.